The highest BCUT2D eigenvalue weighted by Crippen LogP contribution is 2.22. The molecular formula is C17H16FN5O2. The molecule has 2 N–H and O–H groups in total. The summed E-state index contributed by atoms with van der Waals surface area (Å²) in [4.78, 5) is 13.4. The molecular weight excluding hydrogens is 325 g/mol. The number of rotatable bonds is 4. The number of carboxylic acids is 1. The van der Waals surface area contributed by atoms with Gasteiger partial charge in [-0.05, 0) is 12.1 Å². The summed E-state index contributed by atoms with van der Waals surface area (Å²) in [7, 11) is 0. The van der Waals surface area contributed by atoms with Crippen molar-refractivity contribution >= 4 is 5.97 Å². The van der Waals surface area contributed by atoms with Gasteiger partial charge in [-0.25, -0.2) is 13.9 Å². The largest absolute Gasteiger partial charge is 0.476 e. The van der Waals surface area contributed by atoms with E-state index >= 15 is 0 Å². The van der Waals surface area contributed by atoms with Gasteiger partial charge in [-0.15, -0.1) is 0 Å². The van der Waals surface area contributed by atoms with Gasteiger partial charge in [0.1, 0.15) is 11.5 Å². The highest BCUT2D eigenvalue weighted by atomic mass is 19.1. The number of hydrogen-bond donors (Lipinski definition) is 2. The summed E-state index contributed by atoms with van der Waals surface area (Å²) in [6.45, 7) is 1.91. The molecule has 0 unspecified atom stereocenters. The summed E-state index contributed by atoms with van der Waals surface area (Å²) in [6, 6.07) is 6.47. The Morgan fingerprint density at radius 1 is 1.36 bits per heavy atom. The summed E-state index contributed by atoms with van der Waals surface area (Å²) in [5, 5.41) is 20.1. The van der Waals surface area contributed by atoms with Crippen LogP contribution in [-0.4, -0.2) is 42.5 Å². The van der Waals surface area contributed by atoms with Crippen molar-refractivity contribution in [1.82, 2.24) is 24.9 Å². The van der Waals surface area contributed by atoms with Gasteiger partial charge in [0.15, 0.2) is 5.69 Å². The fraction of sp³-hybridized carbons (Fsp3) is 0.235. The monoisotopic (exact) mass is 341 g/mol. The van der Waals surface area contributed by atoms with E-state index in [2.05, 4.69) is 20.2 Å². The zero-order valence-corrected chi connectivity index (χ0v) is 13.3. The van der Waals surface area contributed by atoms with E-state index in [9.17, 15) is 14.3 Å². The second kappa shape index (κ2) is 6.14. The third-order valence-corrected chi connectivity index (χ3v) is 4.36. The highest BCUT2D eigenvalue weighted by Gasteiger charge is 2.25. The molecule has 1 aliphatic rings. The first-order valence-electron chi connectivity index (χ1n) is 7.92. The molecule has 0 radical (unpaired) electrons. The zero-order chi connectivity index (χ0) is 17.4. The minimum absolute atomic E-state index is 0.0850. The third-order valence-electron chi connectivity index (χ3n) is 4.36. The Labute approximate surface area is 142 Å². The number of halogens is 1. The van der Waals surface area contributed by atoms with E-state index < -0.39 is 5.97 Å². The first kappa shape index (κ1) is 15.5. The van der Waals surface area contributed by atoms with Crippen LogP contribution in [0.4, 0.5) is 4.39 Å². The predicted octanol–water partition coefficient (Wildman–Crippen LogP) is 1.99. The van der Waals surface area contributed by atoms with Gasteiger partial charge in [-0.2, -0.15) is 10.2 Å². The minimum Gasteiger partial charge on any atom is -0.476 e. The van der Waals surface area contributed by atoms with Crippen LogP contribution in [0.3, 0.4) is 0 Å². The van der Waals surface area contributed by atoms with Crippen molar-refractivity contribution in [3.05, 3.63) is 65.0 Å². The van der Waals surface area contributed by atoms with E-state index in [1.807, 2.05) is 0 Å². The Balaban J connectivity index is 1.51. The van der Waals surface area contributed by atoms with E-state index in [1.54, 1.807) is 30.6 Å². The molecule has 0 spiro atoms. The van der Waals surface area contributed by atoms with Crippen molar-refractivity contribution in [1.29, 1.82) is 0 Å². The zero-order valence-electron chi connectivity index (χ0n) is 13.3. The number of hydrogen-bond acceptors (Lipinski definition) is 4. The van der Waals surface area contributed by atoms with Crippen LogP contribution in [0.2, 0.25) is 0 Å². The lowest BCUT2D eigenvalue weighted by atomic mass is 10.0. The number of aromatic nitrogens is 4. The van der Waals surface area contributed by atoms with Crippen molar-refractivity contribution in [3.63, 3.8) is 0 Å². The molecule has 25 heavy (non-hydrogen) atoms. The molecule has 128 valence electrons. The SMILES string of the molecule is O=C(O)c1n[nH]c2c1CN(Cc1cnn(-c3ccccc3F)c1)CC2. The average Bonchev–Trinajstić information content (AvgIpc) is 3.22. The van der Waals surface area contributed by atoms with E-state index in [1.165, 1.54) is 10.7 Å². The number of carboxylic acid groups (broad SMARTS) is 1. The van der Waals surface area contributed by atoms with Gasteiger partial charge in [-0.1, -0.05) is 12.1 Å². The van der Waals surface area contributed by atoms with E-state index in [0.717, 1.165) is 29.8 Å². The highest BCUT2D eigenvalue weighted by molar-refractivity contribution is 5.87. The molecule has 3 aromatic rings. The Morgan fingerprint density at radius 3 is 3.00 bits per heavy atom. The van der Waals surface area contributed by atoms with Crippen LogP contribution in [0.1, 0.15) is 27.3 Å². The van der Waals surface area contributed by atoms with E-state index in [0.29, 0.717) is 18.8 Å². The van der Waals surface area contributed by atoms with E-state index in [-0.39, 0.29) is 11.5 Å². The Hall–Kier alpha value is -3.00. The Bertz CT molecular complexity index is 933. The minimum atomic E-state index is -1.02. The topological polar surface area (TPSA) is 87.0 Å². The number of aromatic carboxylic acids is 1. The lowest BCUT2D eigenvalue weighted by molar-refractivity contribution is 0.0687. The van der Waals surface area contributed by atoms with Crippen LogP contribution in [-0.2, 0) is 19.5 Å². The number of aromatic amines is 1. The van der Waals surface area contributed by atoms with Crippen LogP contribution in [0.15, 0.2) is 36.7 Å². The van der Waals surface area contributed by atoms with Gasteiger partial charge in [-0.3, -0.25) is 10.00 Å². The van der Waals surface area contributed by atoms with Crippen molar-refractivity contribution < 1.29 is 14.3 Å². The maximum atomic E-state index is 13.9. The van der Waals surface area contributed by atoms with Crippen molar-refractivity contribution in [3.8, 4) is 5.69 Å². The van der Waals surface area contributed by atoms with Crippen molar-refractivity contribution in [2.75, 3.05) is 6.54 Å². The number of fused-ring (bicyclic) bond motifs is 1. The molecule has 0 fully saturated rings. The number of carbonyl (C=O) groups is 1. The summed E-state index contributed by atoms with van der Waals surface area (Å²) in [5.74, 6) is -1.35. The standard InChI is InChI=1S/C17H16FN5O2/c18-13-3-1-2-4-15(13)23-9-11(7-19-23)8-22-6-5-14-12(10-22)16(17(24)25)21-20-14/h1-4,7,9H,5-6,8,10H2,(H,20,21)(H,24,25). The molecule has 2 aromatic heterocycles. The average molecular weight is 341 g/mol. The van der Waals surface area contributed by atoms with E-state index in [4.69, 9.17) is 0 Å². The van der Waals surface area contributed by atoms with Crippen LogP contribution >= 0.6 is 0 Å². The molecule has 3 heterocycles. The first-order valence-corrected chi connectivity index (χ1v) is 7.92. The molecule has 7 nitrogen and oxygen atoms in total. The predicted molar refractivity (Wildman–Crippen MR) is 86.9 cm³/mol. The molecule has 8 heteroatoms. The molecule has 0 atom stereocenters. The number of para-hydroxylation sites is 1. The molecule has 4 rings (SSSR count). The molecule has 0 saturated carbocycles. The number of nitrogens with zero attached hydrogens (tertiary/aromatic N) is 4. The molecule has 0 saturated heterocycles. The lowest BCUT2D eigenvalue weighted by Crippen LogP contribution is -2.30. The normalized spacial score (nSPS) is 14.4. The van der Waals surface area contributed by atoms with Crippen molar-refractivity contribution in [2.24, 2.45) is 0 Å². The smallest absolute Gasteiger partial charge is 0.356 e. The molecule has 0 aliphatic carbocycles. The summed E-state index contributed by atoms with van der Waals surface area (Å²) in [6.07, 6.45) is 4.22. The lowest BCUT2D eigenvalue weighted by Gasteiger charge is -2.26. The summed E-state index contributed by atoms with van der Waals surface area (Å²) < 4.78 is 15.4. The summed E-state index contributed by atoms with van der Waals surface area (Å²) >= 11 is 0. The molecule has 0 bridgehead atoms. The quantitative estimate of drug-likeness (QED) is 0.758. The Kier molecular flexibility index (Phi) is 3.81. The van der Waals surface area contributed by atoms with Gasteiger partial charge in [0.2, 0.25) is 0 Å². The van der Waals surface area contributed by atoms with Crippen LogP contribution in [0.5, 0.6) is 0 Å². The number of H-pyrrole nitrogens is 1. The van der Waals surface area contributed by atoms with Gasteiger partial charge in [0.05, 0.1) is 6.20 Å². The van der Waals surface area contributed by atoms with Crippen LogP contribution < -0.4 is 0 Å². The maximum Gasteiger partial charge on any atom is 0.356 e. The van der Waals surface area contributed by atoms with Crippen LogP contribution in [0.25, 0.3) is 5.69 Å². The van der Waals surface area contributed by atoms with Crippen LogP contribution in [0, 0.1) is 5.82 Å². The molecule has 0 amide bonds. The molecule has 1 aliphatic heterocycles. The Morgan fingerprint density at radius 2 is 2.20 bits per heavy atom. The van der Waals surface area contributed by atoms with Gasteiger partial charge >= 0.3 is 5.97 Å². The summed E-state index contributed by atoms with van der Waals surface area (Å²) in [5.41, 5.74) is 3.04. The fourth-order valence-corrected chi connectivity index (χ4v) is 3.13. The van der Waals surface area contributed by atoms with Crippen molar-refractivity contribution in [2.45, 2.75) is 19.5 Å². The third kappa shape index (κ3) is 2.91. The fourth-order valence-electron chi connectivity index (χ4n) is 3.13. The molecule has 1 aromatic carbocycles. The number of benzene rings is 1. The van der Waals surface area contributed by atoms with Gasteiger partial charge in [0, 0.05) is 49.1 Å². The second-order valence-corrected chi connectivity index (χ2v) is 6.04. The number of nitrogens with one attached hydrogen (secondary N) is 1. The second-order valence-electron chi connectivity index (χ2n) is 6.04. The first-order chi connectivity index (χ1) is 12.1. The van der Waals surface area contributed by atoms with Gasteiger partial charge in [0.25, 0.3) is 0 Å². The van der Waals surface area contributed by atoms with Gasteiger partial charge < -0.3 is 5.11 Å². The maximum absolute atomic E-state index is 13.9.